The third kappa shape index (κ3) is 9.38. The van der Waals surface area contributed by atoms with Crippen molar-refractivity contribution in [2.45, 2.75) is 46.0 Å². The summed E-state index contributed by atoms with van der Waals surface area (Å²) in [6.45, 7) is 4.81. The van der Waals surface area contributed by atoms with Crippen LogP contribution in [0.5, 0.6) is 0 Å². The lowest BCUT2D eigenvalue weighted by Crippen LogP contribution is -1.98. The van der Waals surface area contributed by atoms with Crippen LogP contribution in [0, 0.1) is 11.6 Å². The molecule has 0 aromatic rings. The summed E-state index contributed by atoms with van der Waals surface area (Å²) in [5, 5.41) is 8.62. The normalized spacial score (nSPS) is 11.0. The Hall–Kier alpha value is -0.330. The highest BCUT2D eigenvalue weighted by atomic mass is 31.2. The Morgan fingerprint density at radius 2 is 1.65 bits per heavy atom. The average Bonchev–Trinajstić information content (AvgIpc) is 2.30. The molecule has 0 aromatic carbocycles. The number of aliphatic hydroxyl groups is 1. The lowest BCUT2D eigenvalue weighted by atomic mass is 10.4. The van der Waals surface area contributed by atoms with Gasteiger partial charge in [0, 0.05) is 12.1 Å². The predicted octanol–water partition coefficient (Wildman–Crippen LogP) is 3.16. The zero-order chi connectivity index (χ0) is 13.0. The van der Waals surface area contributed by atoms with Crippen LogP contribution in [-0.2, 0) is 13.6 Å². The Morgan fingerprint density at radius 3 is 2.06 bits per heavy atom. The molecule has 0 bridgehead atoms. The number of hydrogen-bond acceptors (Lipinski definition) is 4. The van der Waals surface area contributed by atoms with Crippen molar-refractivity contribution in [3.8, 4) is 11.6 Å². The fourth-order valence-electron chi connectivity index (χ4n) is 0.969. The summed E-state index contributed by atoms with van der Waals surface area (Å²) in [5.74, 6) is 2.62. The average molecular weight is 262 g/mol. The van der Waals surface area contributed by atoms with E-state index < -0.39 is 7.60 Å². The minimum atomic E-state index is -3.28. The molecule has 0 saturated carbocycles. The summed E-state index contributed by atoms with van der Waals surface area (Å²) in [7, 11) is -3.28. The smallest absolute Gasteiger partial charge is 0.395 e. The van der Waals surface area contributed by atoms with Gasteiger partial charge in [0.05, 0.1) is 19.8 Å². The third-order valence-electron chi connectivity index (χ3n) is 1.97. The summed E-state index contributed by atoms with van der Waals surface area (Å²) < 4.78 is 22.6. The third-order valence-corrected chi connectivity index (χ3v) is 3.45. The van der Waals surface area contributed by atoms with Gasteiger partial charge >= 0.3 is 7.60 Å². The van der Waals surface area contributed by atoms with E-state index in [1.807, 2.05) is 13.8 Å². The molecule has 17 heavy (non-hydrogen) atoms. The summed E-state index contributed by atoms with van der Waals surface area (Å²) >= 11 is 0. The predicted molar refractivity (Wildman–Crippen MR) is 68.8 cm³/mol. The molecular formula is C12H23O4P. The van der Waals surface area contributed by atoms with Crippen molar-refractivity contribution >= 4 is 7.60 Å². The van der Waals surface area contributed by atoms with Gasteiger partial charge in [0.1, 0.15) is 0 Å². The quantitative estimate of drug-likeness (QED) is 0.394. The number of hydrogen-bond donors (Lipinski definition) is 1. The number of rotatable bonds is 9. The first-order valence-corrected chi connectivity index (χ1v) is 7.73. The van der Waals surface area contributed by atoms with Crippen LogP contribution in [0.25, 0.3) is 0 Å². The maximum Gasteiger partial charge on any atom is 0.405 e. The van der Waals surface area contributed by atoms with E-state index in [4.69, 9.17) is 14.2 Å². The highest BCUT2D eigenvalue weighted by Crippen LogP contribution is 2.47. The molecule has 0 fully saturated rings. The second-order valence-corrected chi connectivity index (χ2v) is 5.37. The molecule has 0 amide bonds. The minimum absolute atomic E-state index is 0.0447. The number of aliphatic hydroxyl groups excluding tert-OH is 1. The van der Waals surface area contributed by atoms with Crippen molar-refractivity contribution in [3.63, 3.8) is 0 Å². The van der Waals surface area contributed by atoms with Crippen molar-refractivity contribution < 1.29 is 18.7 Å². The van der Waals surface area contributed by atoms with Crippen LogP contribution in [0.15, 0.2) is 0 Å². The van der Waals surface area contributed by atoms with E-state index in [0.717, 1.165) is 25.7 Å². The lowest BCUT2D eigenvalue weighted by Gasteiger charge is -2.12. The van der Waals surface area contributed by atoms with Gasteiger partial charge in [-0.05, 0) is 12.8 Å². The van der Waals surface area contributed by atoms with Gasteiger partial charge in [0.25, 0.3) is 0 Å². The van der Waals surface area contributed by atoms with E-state index in [2.05, 4.69) is 11.6 Å². The molecule has 0 atom stereocenters. The van der Waals surface area contributed by atoms with E-state index in [0.29, 0.717) is 13.2 Å². The first-order valence-electron chi connectivity index (χ1n) is 6.18. The Kier molecular flexibility index (Phi) is 10.6. The molecule has 0 saturated heterocycles. The zero-order valence-electron chi connectivity index (χ0n) is 10.8. The molecule has 0 unspecified atom stereocenters. The zero-order valence-corrected chi connectivity index (χ0v) is 11.7. The van der Waals surface area contributed by atoms with Gasteiger partial charge in [-0.3, -0.25) is 9.05 Å². The standard InChI is InChI=1S/C12H23O4P/c1-3-5-10-15-17(14,12-8-7-9-13)16-11-6-4-2/h13H,3-7,9-11H2,1-2H3. The molecule has 0 spiro atoms. The van der Waals surface area contributed by atoms with Crippen LogP contribution >= 0.6 is 7.60 Å². The molecule has 0 rings (SSSR count). The van der Waals surface area contributed by atoms with Gasteiger partial charge in [-0.15, -0.1) is 0 Å². The highest BCUT2D eigenvalue weighted by Gasteiger charge is 2.20. The van der Waals surface area contributed by atoms with Crippen molar-refractivity contribution in [1.29, 1.82) is 0 Å². The molecule has 4 nitrogen and oxygen atoms in total. The number of unbranched alkanes of at least 4 members (excludes halogenated alkanes) is 2. The van der Waals surface area contributed by atoms with Gasteiger partial charge in [-0.25, -0.2) is 4.57 Å². The lowest BCUT2D eigenvalue weighted by molar-refractivity contribution is 0.209. The van der Waals surface area contributed by atoms with Crippen molar-refractivity contribution in [3.05, 3.63) is 0 Å². The van der Waals surface area contributed by atoms with Crippen LogP contribution in [0.3, 0.4) is 0 Å². The van der Waals surface area contributed by atoms with Gasteiger partial charge in [0.15, 0.2) is 0 Å². The molecule has 100 valence electrons. The molecule has 0 aliphatic carbocycles. The van der Waals surface area contributed by atoms with Gasteiger partial charge in [0.2, 0.25) is 0 Å². The highest BCUT2D eigenvalue weighted by molar-refractivity contribution is 7.59. The van der Waals surface area contributed by atoms with Crippen LogP contribution in [-0.4, -0.2) is 24.9 Å². The SMILES string of the molecule is CCCCOP(=O)(C#CCCO)OCCCC. The van der Waals surface area contributed by atoms with E-state index >= 15 is 0 Å². The van der Waals surface area contributed by atoms with E-state index in [9.17, 15) is 4.57 Å². The van der Waals surface area contributed by atoms with Crippen molar-refractivity contribution in [2.24, 2.45) is 0 Å². The molecule has 0 aliphatic rings. The fourth-order valence-corrected chi connectivity index (χ4v) is 2.22. The molecule has 0 radical (unpaired) electrons. The first-order chi connectivity index (χ1) is 8.18. The second kappa shape index (κ2) is 10.8. The molecule has 0 heterocycles. The minimum Gasteiger partial charge on any atom is -0.395 e. The van der Waals surface area contributed by atoms with Crippen LogP contribution in [0.1, 0.15) is 46.0 Å². The Morgan fingerprint density at radius 1 is 1.12 bits per heavy atom. The molecule has 5 heteroatoms. The second-order valence-electron chi connectivity index (χ2n) is 3.63. The van der Waals surface area contributed by atoms with Gasteiger partial charge in [-0.1, -0.05) is 32.6 Å². The molecular weight excluding hydrogens is 239 g/mol. The van der Waals surface area contributed by atoms with E-state index in [-0.39, 0.29) is 13.0 Å². The molecule has 0 aliphatic heterocycles. The Labute approximate surface area is 104 Å². The van der Waals surface area contributed by atoms with E-state index in [1.54, 1.807) is 0 Å². The van der Waals surface area contributed by atoms with Crippen molar-refractivity contribution in [2.75, 3.05) is 19.8 Å². The van der Waals surface area contributed by atoms with Crippen LogP contribution < -0.4 is 0 Å². The van der Waals surface area contributed by atoms with Gasteiger partial charge < -0.3 is 5.11 Å². The fraction of sp³-hybridized carbons (Fsp3) is 0.833. The largest absolute Gasteiger partial charge is 0.405 e. The van der Waals surface area contributed by atoms with Crippen LogP contribution in [0.2, 0.25) is 0 Å². The van der Waals surface area contributed by atoms with Gasteiger partial charge in [-0.2, -0.15) is 0 Å². The monoisotopic (exact) mass is 262 g/mol. The van der Waals surface area contributed by atoms with Crippen molar-refractivity contribution in [1.82, 2.24) is 0 Å². The Bertz CT molecular complexity index is 266. The molecule has 0 aromatic heterocycles. The maximum atomic E-state index is 12.1. The summed E-state index contributed by atoms with van der Waals surface area (Å²) in [4.78, 5) is 0. The molecule has 1 N–H and O–H groups in total. The van der Waals surface area contributed by atoms with Crippen LogP contribution in [0.4, 0.5) is 0 Å². The summed E-state index contributed by atoms with van der Waals surface area (Å²) in [5.41, 5.74) is 2.52. The Balaban J connectivity index is 4.26. The maximum absolute atomic E-state index is 12.1. The van der Waals surface area contributed by atoms with E-state index in [1.165, 1.54) is 0 Å². The first kappa shape index (κ1) is 16.7. The summed E-state index contributed by atoms with van der Waals surface area (Å²) in [6, 6.07) is 0. The summed E-state index contributed by atoms with van der Waals surface area (Å²) in [6.07, 6.45) is 3.90. The topological polar surface area (TPSA) is 55.8 Å².